The molecule has 4 nitrogen and oxygen atoms in total. The summed E-state index contributed by atoms with van der Waals surface area (Å²) in [6.45, 7) is 11.2. The molecule has 1 saturated heterocycles. The van der Waals surface area contributed by atoms with E-state index in [1.807, 2.05) is 6.92 Å². The number of benzene rings is 3. The largest absolute Gasteiger partial charge is 0.492 e. The normalized spacial score (nSPS) is 15.1. The zero-order valence-electron chi connectivity index (χ0n) is 18.6. The average Bonchev–Trinajstić information content (AvgIpc) is 3.13. The van der Waals surface area contributed by atoms with Crippen molar-refractivity contribution in [1.82, 2.24) is 9.47 Å². The van der Waals surface area contributed by atoms with Gasteiger partial charge in [-0.2, -0.15) is 0 Å². The molecule has 0 unspecified atom stereocenters. The van der Waals surface area contributed by atoms with Crippen LogP contribution in [-0.4, -0.2) is 42.3 Å². The van der Waals surface area contributed by atoms with Crippen molar-refractivity contribution in [3.05, 3.63) is 72.3 Å². The van der Waals surface area contributed by atoms with E-state index in [0.29, 0.717) is 6.61 Å². The summed E-state index contributed by atoms with van der Waals surface area (Å²) in [5.74, 6) is 0.996. The zero-order chi connectivity index (χ0) is 21.2. The van der Waals surface area contributed by atoms with Crippen LogP contribution in [0.4, 0.5) is 5.69 Å². The Morgan fingerprint density at radius 3 is 2.32 bits per heavy atom. The lowest BCUT2D eigenvalue weighted by molar-refractivity contribution is 0.248. The Hall–Kier alpha value is -2.98. The molecule has 0 aliphatic carbocycles. The first-order chi connectivity index (χ1) is 15.3. The number of hydrogen-bond acceptors (Lipinski definition) is 3. The molecule has 31 heavy (non-hydrogen) atoms. The molecule has 4 heteroatoms. The number of fused-ring (bicyclic) bond motifs is 3. The summed E-state index contributed by atoms with van der Waals surface area (Å²) in [6, 6.07) is 24.2. The van der Waals surface area contributed by atoms with Crippen molar-refractivity contribution in [2.24, 2.45) is 0 Å². The fourth-order valence-electron chi connectivity index (χ4n) is 4.94. The Bertz CT molecular complexity index is 1190. The number of piperazine rings is 1. The minimum atomic E-state index is 0.702. The monoisotopic (exact) mass is 413 g/mol. The second-order valence-corrected chi connectivity index (χ2v) is 8.28. The molecule has 1 aromatic heterocycles. The standard InChI is InChI=1S/C27H31N3O/c1-3-30-24-10-6-5-9-22(24)23-19-21(13-14-25(23)30)20-28-15-17-29(18-16-28)26-11-7-8-12-27(26)31-4-2/h5-14,19H,3-4,15-18,20H2,1-2H3. The molecule has 2 heterocycles. The topological polar surface area (TPSA) is 20.6 Å². The van der Waals surface area contributed by atoms with Gasteiger partial charge in [0, 0.05) is 61.1 Å². The van der Waals surface area contributed by atoms with Crippen LogP contribution in [0.1, 0.15) is 19.4 Å². The summed E-state index contributed by atoms with van der Waals surface area (Å²) in [5, 5.41) is 2.73. The highest BCUT2D eigenvalue weighted by Crippen LogP contribution is 2.31. The van der Waals surface area contributed by atoms with E-state index in [2.05, 4.69) is 88.0 Å². The number of nitrogens with zero attached hydrogens (tertiary/aromatic N) is 3. The van der Waals surface area contributed by atoms with Crippen molar-refractivity contribution in [2.45, 2.75) is 26.9 Å². The highest BCUT2D eigenvalue weighted by atomic mass is 16.5. The quantitative estimate of drug-likeness (QED) is 0.414. The van der Waals surface area contributed by atoms with Crippen LogP contribution in [0.2, 0.25) is 0 Å². The van der Waals surface area contributed by atoms with Gasteiger partial charge in [0.05, 0.1) is 12.3 Å². The molecule has 0 N–H and O–H groups in total. The fourth-order valence-corrected chi connectivity index (χ4v) is 4.94. The van der Waals surface area contributed by atoms with Gasteiger partial charge in [-0.05, 0) is 49.7 Å². The van der Waals surface area contributed by atoms with Gasteiger partial charge in [-0.25, -0.2) is 0 Å². The molecule has 0 atom stereocenters. The van der Waals surface area contributed by atoms with Gasteiger partial charge in [0.2, 0.25) is 0 Å². The Balaban J connectivity index is 1.32. The summed E-state index contributed by atoms with van der Waals surface area (Å²) >= 11 is 0. The van der Waals surface area contributed by atoms with Crippen LogP contribution < -0.4 is 9.64 Å². The molecule has 4 aromatic rings. The van der Waals surface area contributed by atoms with E-state index in [9.17, 15) is 0 Å². The molecule has 160 valence electrons. The maximum absolute atomic E-state index is 5.84. The van der Waals surface area contributed by atoms with E-state index in [1.54, 1.807) is 0 Å². The molecule has 0 radical (unpaired) electrons. The second kappa shape index (κ2) is 8.64. The third-order valence-corrected chi connectivity index (χ3v) is 6.44. The summed E-state index contributed by atoms with van der Waals surface area (Å²) in [6.07, 6.45) is 0. The van der Waals surface area contributed by atoms with E-state index in [1.165, 1.54) is 33.1 Å². The lowest BCUT2D eigenvalue weighted by Gasteiger charge is -2.36. The maximum Gasteiger partial charge on any atom is 0.142 e. The molecule has 1 aliphatic heterocycles. The number of anilines is 1. The lowest BCUT2D eigenvalue weighted by Crippen LogP contribution is -2.46. The minimum Gasteiger partial charge on any atom is -0.492 e. The molecular formula is C27H31N3O. The molecule has 1 fully saturated rings. The van der Waals surface area contributed by atoms with E-state index in [0.717, 1.165) is 45.0 Å². The molecule has 0 bridgehead atoms. The Morgan fingerprint density at radius 1 is 0.774 bits per heavy atom. The Labute approximate surface area is 184 Å². The smallest absolute Gasteiger partial charge is 0.142 e. The van der Waals surface area contributed by atoms with Crippen LogP contribution in [0.5, 0.6) is 5.75 Å². The van der Waals surface area contributed by atoms with Gasteiger partial charge in [0.1, 0.15) is 5.75 Å². The highest BCUT2D eigenvalue weighted by molar-refractivity contribution is 6.08. The zero-order valence-corrected chi connectivity index (χ0v) is 18.6. The van der Waals surface area contributed by atoms with Gasteiger partial charge in [0.25, 0.3) is 0 Å². The van der Waals surface area contributed by atoms with Crippen molar-refractivity contribution in [3.8, 4) is 5.75 Å². The van der Waals surface area contributed by atoms with Gasteiger partial charge >= 0.3 is 0 Å². The summed E-state index contributed by atoms with van der Waals surface area (Å²) in [4.78, 5) is 5.03. The fraction of sp³-hybridized carbons (Fsp3) is 0.333. The highest BCUT2D eigenvalue weighted by Gasteiger charge is 2.20. The van der Waals surface area contributed by atoms with Crippen molar-refractivity contribution in [3.63, 3.8) is 0 Å². The van der Waals surface area contributed by atoms with Crippen LogP contribution in [0.15, 0.2) is 66.7 Å². The van der Waals surface area contributed by atoms with E-state index < -0.39 is 0 Å². The molecule has 0 saturated carbocycles. The summed E-state index contributed by atoms with van der Waals surface area (Å²) < 4.78 is 8.26. The number of hydrogen-bond donors (Lipinski definition) is 0. The Kier molecular flexibility index (Phi) is 5.56. The predicted molar refractivity (Wildman–Crippen MR) is 130 cm³/mol. The summed E-state index contributed by atoms with van der Waals surface area (Å²) in [5.41, 5.74) is 5.29. The molecular weight excluding hydrogens is 382 g/mol. The third-order valence-electron chi connectivity index (χ3n) is 6.44. The van der Waals surface area contributed by atoms with Crippen LogP contribution in [0, 0.1) is 0 Å². The van der Waals surface area contributed by atoms with Gasteiger partial charge in [-0.1, -0.05) is 36.4 Å². The van der Waals surface area contributed by atoms with Crippen molar-refractivity contribution < 1.29 is 4.74 Å². The second-order valence-electron chi connectivity index (χ2n) is 8.28. The van der Waals surface area contributed by atoms with Gasteiger partial charge in [0.15, 0.2) is 0 Å². The molecule has 5 rings (SSSR count). The average molecular weight is 414 g/mol. The first-order valence-corrected chi connectivity index (χ1v) is 11.5. The van der Waals surface area contributed by atoms with E-state index in [-0.39, 0.29) is 0 Å². The van der Waals surface area contributed by atoms with Crippen LogP contribution in [0.3, 0.4) is 0 Å². The SMILES string of the molecule is CCOc1ccccc1N1CCN(Cc2ccc3c(c2)c2ccccc2n3CC)CC1. The van der Waals surface area contributed by atoms with Gasteiger partial charge in [-0.3, -0.25) is 4.90 Å². The van der Waals surface area contributed by atoms with Crippen molar-refractivity contribution >= 4 is 27.5 Å². The summed E-state index contributed by atoms with van der Waals surface area (Å²) in [7, 11) is 0. The molecule has 0 spiro atoms. The van der Waals surface area contributed by atoms with Gasteiger partial charge < -0.3 is 14.2 Å². The van der Waals surface area contributed by atoms with Gasteiger partial charge in [-0.15, -0.1) is 0 Å². The van der Waals surface area contributed by atoms with Crippen LogP contribution >= 0.6 is 0 Å². The Morgan fingerprint density at radius 2 is 1.52 bits per heavy atom. The maximum atomic E-state index is 5.84. The number of ether oxygens (including phenoxy) is 1. The number of aryl methyl sites for hydroxylation is 1. The number of rotatable bonds is 6. The van der Waals surface area contributed by atoms with E-state index in [4.69, 9.17) is 4.74 Å². The third kappa shape index (κ3) is 3.77. The lowest BCUT2D eigenvalue weighted by atomic mass is 10.1. The first-order valence-electron chi connectivity index (χ1n) is 11.5. The van der Waals surface area contributed by atoms with Crippen LogP contribution in [-0.2, 0) is 13.1 Å². The molecule has 1 aliphatic rings. The predicted octanol–water partition coefficient (Wildman–Crippen LogP) is 5.54. The number of aromatic nitrogens is 1. The molecule has 0 amide bonds. The van der Waals surface area contributed by atoms with Crippen LogP contribution in [0.25, 0.3) is 21.8 Å². The first kappa shape index (κ1) is 20.0. The van der Waals surface area contributed by atoms with Crippen molar-refractivity contribution in [1.29, 1.82) is 0 Å². The van der Waals surface area contributed by atoms with E-state index >= 15 is 0 Å². The van der Waals surface area contributed by atoms with Crippen molar-refractivity contribution in [2.75, 3.05) is 37.7 Å². The minimum absolute atomic E-state index is 0.702. The molecule has 3 aromatic carbocycles. The number of para-hydroxylation sites is 3.